The monoisotopic (exact) mass is 384 g/mol. The van der Waals surface area contributed by atoms with Crippen molar-refractivity contribution in [2.24, 2.45) is 0 Å². The summed E-state index contributed by atoms with van der Waals surface area (Å²) in [6.45, 7) is -0.413. The number of nitrogens with one attached hydrogen (secondary N) is 2. The van der Waals surface area contributed by atoms with Crippen molar-refractivity contribution < 1.29 is 29.0 Å². The lowest BCUT2D eigenvalue weighted by atomic mass is 10.2. The molecule has 1 atom stereocenters. The Kier molecular flexibility index (Phi) is 7.71. The fraction of sp³-hybridized carbons (Fsp3) is 0.200. The molecule has 0 saturated heterocycles. The highest BCUT2D eigenvalue weighted by Gasteiger charge is 2.24. The molecule has 8 heteroatoms. The molecule has 0 bridgehead atoms. The Hall–Kier alpha value is -3.68. The number of benzene rings is 2. The maximum Gasteiger partial charge on any atom is 0.326 e. The molecule has 28 heavy (non-hydrogen) atoms. The topological polar surface area (TPSA) is 122 Å². The van der Waals surface area contributed by atoms with E-state index in [0.29, 0.717) is 5.56 Å². The number of carboxylic acids is 1. The van der Waals surface area contributed by atoms with Crippen molar-refractivity contribution in [2.45, 2.75) is 19.1 Å². The summed E-state index contributed by atoms with van der Waals surface area (Å²) >= 11 is 0. The second-order valence-corrected chi connectivity index (χ2v) is 5.86. The third-order valence-corrected chi connectivity index (χ3v) is 3.69. The molecule has 2 rings (SSSR count). The Bertz CT molecular complexity index is 823. The first-order chi connectivity index (χ1) is 13.5. The molecule has 0 aliphatic carbocycles. The number of carbonyl (C=O) groups is 4. The van der Waals surface area contributed by atoms with Crippen LogP contribution in [0.15, 0.2) is 60.7 Å². The van der Waals surface area contributed by atoms with E-state index >= 15 is 0 Å². The molecule has 0 spiro atoms. The molecule has 0 fully saturated rings. The second kappa shape index (κ2) is 10.5. The summed E-state index contributed by atoms with van der Waals surface area (Å²) in [7, 11) is 0. The lowest BCUT2D eigenvalue weighted by Crippen LogP contribution is -2.46. The fourth-order valence-electron chi connectivity index (χ4n) is 2.26. The van der Waals surface area contributed by atoms with Crippen molar-refractivity contribution in [3.05, 3.63) is 71.8 Å². The molecule has 0 saturated carbocycles. The van der Waals surface area contributed by atoms with Crippen LogP contribution in [0.1, 0.15) is 22.3 Å². The summed E-state index contributed by atoms with van der Waals surface area (Å²) in [5.41, 5.74) is 1.13. The number of rotatable bonds is 9. The van der Waals surface area contributed by atoms with E-state index in [4.69, 9.17) is 4.74 Å². The van der Waals surface area contributed by atoms with Gasteiger partial charge in [0.2, 0.25) is 5.91 Å². The summed E-state index contributed by atoms with van der Waals surface area (Å²) in [5, 5.41) is 13.8. The third-order valence-electron chi connectivity index (χ3n) is 3.69. The van der Waals surface area contributed by atoms with Gasteiger partial charge in [-0.05, 0) is 17.7 Å². The van der Waals surface area contributed by atoms with Crippen LogP contribution in [-0.4, -0.2) is 41.4 Å². The molecule has 2 amide bonds. The van der Waals surface area contributed by atoms with Gasteiger partial charge in [-0.15, -0.1) is 0 Å². The van der Waals surface area contributed by atoms with Crippen molar-refractivity contribution >= 4 is 23.8 Å². The lowest BCUT2D eigenvalue weighted by molar-refractivity contribution is -0.151. The number of hydrogen-bond donors (Lipinski definition) is 3. The Morgan fingerprint density at radius 2 is 1.54 bits per heavy atom. The van der Waals surface area contributed by atoms with Crippen molar-refractivity contribution in [2.75, 3.05) is 6.54 Å². The highest BCUT2D eigenvalue weighted by atomic mass is 16.5. The molecule has 8 nitrogen and oxygen atoms in total. The van der Waals surface area contributed by atoms with Crippen LogP contribution in [-0.2, 0) is 25.7 Å². The minimum absolute atomic E-state index is 0.00704. The van der Waals surface area contributed by atoms with Gasteiger partial charge >= 0.3 is 11.9 Å². The standard InChI is InChI=1S/C20H20N2O6/c23-17(12-21-19(25)15-9-5-2-6-10-15)22-16(20(26)27)11-18(24)28-13-14-7-3-1-4-8-14/h1-10,16H,11-13H2,(H,21,25)(H,22,23)(H,26,27)/t16-/m1/s1. The maximum atomic E-state index is 11.9. The molecule has 146 valence electrons. The van der Waals surface area contributed by atoms with Crippen LogP contribution in [0.25, 0.3) is 0 Å². The van der Waals surface area contributed by atoms with E-state index in [-0.39, 0.29) is 6.61 Å². The molecular weight excluding hydrogens is 364 g/mol. The predicted molar refractivity (Wildman–Crippen MR) is 99.2 cm³/mol. The minimum atomic E-state index is -1.45. The van der Waals surface area contributed by atoms with Crippen molar-refractivity contribution in [3.8, 4) is 0 Å². The van der Waals surface area contributed by atoms with E-state index in [0.717, 1.165) is 5.56 Å². The number of ether oxygens (including phenoxy) is 1. The summed E-state index contributed by atoms with van der Waals surface area (Å²) in [6, 6.07) is 15.7. The molecule has 3 N–H and O–H groups in total. The van der Waals surface area contributed by atoms with Gasteiger partial charge in [-0.3, -0.25) is 14.4 Å². The number of carbonyl (C=O) groups excluding carboxylic acids is 3. The highest BCUT2D eigenvalue weighted by Crippen LogP contribution is 2.03. The summed E-state index contributed by atoms with van der Waals surface area (Å²) in [5.74, 6) is -3.33. The first kappa shape index (κ1) is 20.6. The summed E-state index contributed by atoms with van der Waals surface area (Å²) in [4.78, 5) is 46.9. The average Bonchev–Trinajstić information content (AvgIpc) is 2.71. The molecule has 0 aliphatic rings. The molecule has 0 radical (unpaired) electrons. The third kappa shape index (κ3) is 6.91. The second-order valence-electron chi connectivity index (χ2n) is 5.86. The van der Waals surface area contributed by atoms with Crippen LogP contribution < -0.4 is 10.6 Å². The number of carboxylic acid groups (broad SMARTS) is 1. The average molecular weight is 384 g/mol. The van der Waals surface area contributed by atoms with Crippen LogP contribution in [0.5, 0.6) is 0 Å². The van der Waals surface area contributed by atoms with E-state index < -0.39 is 42.8 Å². The van der Waals surface area contributed by atoms with Gasteiger partial charge in [-0.25, -0.2) is 4.79 Å². The smallest absolute Gasteiger partial charge is 0.326 e. The van der Waals surface area contributed by atoms with Gasteiger partial charge in [0, 0.05) is 5.56 Å². The van der Waals surface area contributed by atoms with E-state index in [1.165, 1.54) is 0 Å². The van der Waals surface area contributed by atoms with Gasteiger partial charge in [-0.2, -0.15) is 0 Å². The summed E-state index contributed by atoms with van der Waals surface area (Å²) < 4.78 is 5.02. The van der Waals surface area contributed by atoms with Gasteiger partial charge in [0.15, 0.2) is 0 Å². The molecule has 0 aliphatic heterocycles. The molecule has 0 aromatic heterocycles. The Balaban J connectivity index is 1.79. The quantitative estimate of drug-likeness (QED) is 0.557. The van der Waals surface area contributed by atoms with Gasteiger partial charge < -0.3 is 20.5 Å². The highest BCUT2D eigenvalue weighted by molar-refractivity contribution is 5.97. The zero-order chi connectivity index (χ0) is 20.4. The zero-order valence-electron chi connectivity index (χ0n) is 15.0. The van der Waals surface area contributed by atoms with Crippen LogP contribution >= 0.6 is 0 Å². The number of aliphatic carboxylic acids is 1. The van der Waals surface area contributed by atoms with Gasteiger partial charge in [0.1, 0.15) is 12.6 Å². The van der Waals surface area contributed by atoms with E-state index in [1.807, 2.05) is 6.07 Å². The maximum absolute atomic E-state index is 11.9. The minimum Gasteiger partial charge on any atom is -0.480 e. The van der Waals surface area contributed by atoms with Crippen LogP contribution in [0.2, 0.25) is 0 Å². The van der Waals surface area contributed by atoms with Gasteiger partial charge in [0.25, 0.3) is 5.91 Å². The molecule has 2 aromatic rings. The van der Waals surface area contributed by atoms with E-state index in [1.54, 1.807) is 54.6 Å². The van der Waals surface area contributed by atoms with Crippen LogP contribution in [0.4, 0.5) is 0 Å². The van der Waals surface area contributed by atoms with Gasteiger partial charge in [0.05, 0.1) is 13.0 Å². The number of amides is 2. The normalized spacial score (nSPS) is 11.1. The molecule has 0 heterocycles. The molecule has 0 unspecified atom stereocenters. The Labute approximate surface area is 161 Å². The lowest BCUT2D eigenvalue weighted by Gasteiger charge is -2.14. The SMILES string of the molecule is O=C(CNC(=O)c1ccccc1)N[C@H](CC(=O)OCc1ccccc1)C(=O)O. The number of hydrogen-bond acceptors (Lipinski definition) is 5. The fourth-order valence-corrected chi connectivity index (χ4v) is 2.26. The number of esters is 1. The summed E-state index contributed by atoms with van der Waals surface area (Å²) in [6.07, 6.45) is -0.527. The van der Waals surface area contributed by atoms with E-state index in [9.17, 15) is 24.3 Å². The zero-order valence-corrected chi connectivity index (χ0v) is 15.0. The van der Waals surface area contributed by atoms with Crippen molar-refractivity contribution in [3.63, 3.8) is 0 Å². The first-order valence-electron chi connectivity index (χ1n) is 8.50. The van der Waals surface area contributed by atoms with E-state index in [2.05, 4.69) is 10.6 Å². The Morgan fingerprint density at radius 1 is 0.929 bits per heavy atom. The largest absolute Gasteiger partial charge is 0.480 e. The van der Waals surface area contributed by atoms with Crippen LogP contribution in [0, 0.1) is 0 Å². The Morgan fingerprint density at radius 3 is 2.14 bits per heavy atom. The van der Waals surface area contributed by atoms with Crippen LogP contribution in [0.3, 0.4) is 0 Å². The predicted octanol–water partition coefficient (Wildman–Crippen LogP) is 1.12. The van der Waals surface area contributed by atoms with Crippen molar-refractivity contribution in [1.29, 1.82) is 0 Å². The van der Waals surface area contributed by atoms with Gasteiger partial charge in [-0.1, -0.05) is 48.5 Å². The van der Waals surface area contributed by atoms with Crippen molar-refractivity contribution in [1.82, 2.24) is 10.6 Å². The molecular formula is C20H20N2O6. The molecule has 2 aromatic carbocycles. The first-order valence-corrected chi connectivity index (χ1v) is 8.50.